The number of piperazine rings is 1. The summed E-state index contributed by atoms with van der Waals surface area (Å²) in [5.41, 5.74) is 2.63. The zero-order valence-electron chi connectivity index (χ0n) is 12.7. The van der Waals surface area contributed by atoms with Gasteiger partial charge in [-0.3, -0.25) is 9.88 Å². The third-order valence-corrected chi connectivity index (χ3v) is 4.25. The smallest absolute Gasteiger partial charge is 0.0575 e. The molecule has 0 aromatic carbocycles. The van der Waals surface area contributed by atoms with Crippen LogP contribution in [0.4, 0.5) is 0 Å². The Morgan fingerprint density at radius 1 is 1.47 bits per heavy atom. The molecule has 0 radical (unpaired) electrons. The molecule has 1 aromatic rings. The molecule has 3 nitrogen and oxygen atoms in total. The third kappa shape index (κ3) is 3.54. The van der Waals surface area contributed by atoms with Gasteiger partial charge in [-0.1, -0.05) is 26.8 Å². The molecule has 1 aromatic heterocycles. The lowest BCUT2D eigenvalue weighted by Gasteiger charge is -2.40. The molecule has 1 fully saturated rings. The van der Waals surface area contributed by atoms with E-state index in [1.165, 1.54) is 11.3 Å². The van der Waals surface area contributed by atoms with Gasteiger partial charge >= 0.3 is 0 Å². The Balaban J connectivity index is 2.07. The fraction of sp³-hybridized carbons (Fsp3) is 0.688. The first-order chi connectivity index (χ1) is 9.11. The van der Waals surface area contributed by atoms with Crippen LogP contribution in [0.25, 0.3) is 0 Å². The van der Waals surface area contributed by atoms with E-state index in [1.807, 2.05) is 12.3 Å². The van der Waals surface area contributed by atoms with Crippen LogP contribution >= 0.6 is 0 Å². The largest absolute Gasteiger partial charge is 0.311 e. The first kappa shape index (κ1) is 14.5. The summed E-state index contributed by atoms with van der Waals surface area (Å²) in [6, 6.07) is 5.43. The van der Waals surface area contributed by atoms with Crippen molar-refractivity contribution in [1.29, 1.82) is 0 Å². The van der Waals surface area contributed by atoms with E-state index in [-0.39, 0.29) is 0 Å². The van der Waals surface area contributed by atoms with E-state index in [4.69, 9.17) is 0 Å². The number of nitrogens with zero attached hydrogens (tertiary/aromatic N) is 2. The molecule has 1 N–H and O–H groups in total. The molecular formula is C16H27N3. The van der Waals surface area contributed by atoms with Gasteiger partial charge in [0.25, 0.3) is 0 Å². The molecule has 2 heterocycles. The minimum atomic E-state index is 0.585. The minimum Gasteiger partial charge on any atom is -0.311 e. The molecule has 0 saturated carbocycles. The van der Waals surface area contributed by atoms with Gasteiger partial charge in [0.1, 0.15) is 0 Å². The summed E-state index contributed by atoms with van der Waals surface area (Å²) in [5.74, 6) is 0.685. The van der Waals surface area contributed by atoms with Gasteiger partial charge in [-0.25, -0.2) is 0 Å². The van der Waals surface area contributed by atoms with Gasteiger partial charge in [0.05, 0.1) is 5.69 Å². The van der Waals surface area contributed by atoms with Crippen LogP contribution < -0.4 is 5.32 Å². The van der Waals surface area contributed by atoms with E-state index in [2.05, 4.69) is 49.0 Å². The average Bonchev–Trinajstić information content (AvgIpc) is 2.41. The van der Waals surface area contributed by atoms with Gasteiger partial charge in [-0.2, -0.15) is 0 Å². The van der Waals surface area contributed by atoms with Crippen molar-refractivity contribution >= 4 is 0 Å². The quantitative estimate of drug-likeness (QED) is 0.902. The summed E-state index contributed by atoms with van der Waals surface area (Å²) in [7, 11) is 0. The fourth-order valence-corrected chi connectivity index (χ4v) is 2.74. The molecule has 0 aliphatic carbocycles. The van der Waals surface area contributed by atoms with Crippen molar-refractivity contribution < 1.29 is 0 Å². The van der Waals surface area contributed by atoms with Crippen molar-refractivity contribution in [2.24, 2.45) is 5.92 Å². The number of aromatic nitrogens is 1. The Bertz CT molecular complexity index is 403. The fourth-order valence-electron chi connectivity index (χ4n) is 2.74. The van der Waals surface area contributed by atoms with Crippen molar-refractivity contribution in [3.8, 4) is 0 Å². The summed E-state index contributed by atoms with van der Waals surface area (Å²) in [5, 5.41) is 3.65. The van der Waals surface area contributed by atoms with Crippen molar-refractivity contribution in [2.75, 3.05) is 13.1 Å². The predicted octanol–water partition coefficient (Wildman–Crippen LogP) is 2.46. The van der Waals surface area contributed by atoms with E-state index < -0.39 is 0 Å². The van der Waals surface area contributed by atoms with E-state index in [0.29, 0.717) is 18.0 Å². The summed E-state index contributed by atoms with van der Waals surface area (Å²) in [4.78, 5) is 7.16. The lowest BCUT2D eigenvalue weighted by molar-refractivity contribution is 0.114. The molecule has 2 rings (SSSR count). The zero-order chi connectivity index (χ0) is 13.8. The second-order valence-electron chi connectivity index (χ2n) is 6.00. The maximum atomic E-state index is 4.59. The number of nitrogens with one attached hydrogen (secondary N) is 1. The molecule has 19 heavy (non-hydrogen) atoms. The summed E-state index contributed by atoms with van der Waals surface area (Å²) in [6.07, 6.45) is 2.98. The molecule has 2 unspecified atom stereocenters. The maximum Gasteiger partial charge on any atom is 0.0575 e. The topological polar surface area (TPSA) is 28.2 Å². The van der Waals surface area contributed by atoms with Gasteiger partial charge in [-0.15, -0.1) is 0 Å². The molecule has 0 amide bonds. The van der Waals surface area contributed by atoms with Crippen LogP contribution in [0.1, 0.15) is 39.0 Å². The van der Waals surface area contributed by atoms with Gasteiger partial charge in [-0.05, 0) is 30.9 Å². The standard InChI is InChI=1S/C16H27N3/c1-5-14-7-6-8-17-16(14)11-19-10-15(12(2)3)18-9-13(19)4/h6-8,12-13,15,18H,5,9-11H2,1-4H3. The number of hydrogen-bond acceptors (Lipinski definition) is 3. The van der Waals surface area contributed by atoms with E-state index in [1.54, 1.807) is 0 Å². The number of hydrogen-bond donors (Lipinski definition) is 1. The lowest BCUT2D eigenvalue weighted by atomic mass is 9.99. The van der Waals surface area contributed by atoms with E-state index >= 15 is 0 Å². The number of pyridine rings is 1. The molecule has 1 aliphatic rings. The third-order valence-electron chi connectivity index (χ3n) is 4.25. The van der Waals surface area contributed by atoms with E-state index in [9.17, 15) is 0 Å². The van der Waals surface area contributed by atoms with Crippen LogP contribution in [-0.2, 0) is 13.0 Å². The molecule has 0 bridgehead atoms. The van der Waals surface area contributed by atoms with Gasteiger partial charge < -0.3 is 5.32 Å². The Kier molecular flexibility index (Phi) is 4.94. The highest BCUT2D eigenvalue weighted by atomic mass is 15.2. The highest BCUT2D eigenvalue weighted by Gasteiger charge is 2.27. The monoisotopic (exact) mass is 261 g/mol. The molecule has 0 spiro atoms. The Morgan fingerprint density at radius 3 is 2.95 bits per heavy atom. The number of aryl methyl sites for hydroxylation is 1. The second-order valence-corrected chi connectivity index (χ2v) is 6.00. The SMILES string of the molecule is CCc1cccnc1CN1CC(C(C)C)NCC1C. The zero-order valence-corrected chi connectivity index (χ0v) is 12.7. The molecule has 106 valence electrons. The predicted molar refractivity (Wildman–Crippen MR) is 80.1 cm³/mol. The van der Waals surface area contributed by atoms with Gasteiger partial charge in [0.2, 0.25) is 0 Å². The molecule has 1 aliphatic heterocycles. The first-order valence-corrected chi connectivity index (χ1v) is 7.52. The summed E-state index contributed by atoms with van der Waals surface area (Å²) >= 11 is 0. The molecule has 3 heteroatoms. The summed E-state index contributed by atoms with van der Waals surface area (Å²) in [6.45, 7) is 12.3. The van der Waals surface area contributed by atoms with Crippen LogP contribution in [0.2, 0.25) is 0 Å². The summed E-state index contributed by atoms with van der Waals surface area (Å²) < 4.78 is 0. The van der Waals surface area contributed by atoms with Gasteiger partial charge in [0, 0.05) is 37.9 Å². The van der Waals surface area contributed by atoms with Crippen LogP contribution in [0.3, 0.4) is 0 Å². The van der Waals surface area contributed by atoms with Crippen molar-refractivity contribution in [3.05, 3.63) is 29.6 Å². The van der Waals surface area contributed by atoms with Crippen LogP contribution in [0.5, 0.6) is 0 Å². The Morgan fingerprint density at radius 2 is 2.26 bits per heavy atom. The van der Waals surface area contributed by atoms with E-state index in [0.717, 1.165) is 26.1 Å². The lowest BCUT2D eigenvalue weighted by Crippen LogP contribution is -2.56. The van der Waals surface area contributed by atoms with Crippen molar-refractivity contribution in [1.82, 2.24) is 15.2 Å². The van der Waals surface area contributed by atoms with Crippen LogP contribution in [0, 0.1) is 5.92 Å². The normalized spacial score (nSPS) is 24.9. The molecule has 1 saturated heterocycles. The number of rotatable bonds is 4. The molecule has 2 atom stereocenters. The average molecular weight is 261 g/mol. The highest BCUT2D eigenvalue weighted by Crippen LogP contribution is 2.17. The van der Waals surface area contributed by atoms with Crippen LogP contribution in [-0.4, -0.2) is 35.1 Å². The first-order valence-electron chi connectivity index (χ1n) is 7.52. The van der Waals surface area contributed by atoms with Crippen molar-refractivity contribution in [2.45, 2.75) is 52.7 Å². The minimum absolute atomic E-state index is 0.585. The highest BCUT2D eigenvalue weighted by molar-refractivity contribution is 5.19. The second kappa shape index (κ2) is 6.49. The van der Waals surface area contributed by atoms with Crippen LogP contribution in [0.15, 0.2) is 18.3 Å². The van der Waals surface area contributed by atoms with Gasteiger partial charge in [0.15, 0.2) is 0 Å². The Labute approximate surface area is 117 Å². The maximum absolute atomic E-state index is 4.59. The van der Waals surface area contributed by atoms with Crippen molar-refractivity contribution in [3.63, 3.8) is 0 Å². The Hall–Kier alpha value is -0.930. The molecular weight excluding hydrogens is 234 g/mol.